The third kappa shape index (κ3) is 3.72. The van der Waals surface area contributed by atoms with Crippen molar-refractivity contribution in [3.05, 3.63) is 80.2 Å². The largest absolute Gasteiger partial charge is 0.450 e. The van der Waals surface area contributed by atoms with Crippen LogP contribution in [0.4, 0.5) is 0 Å². The van der Waals surface area contributed by atoms with Gasteiger partial charge in [0.1, 0.15) is 5.58 Å². The van der Waals surface area contributed by atoms with Crippen LogP contribution in [0.15, 0.2) is 51.7 Å². The molecule has 5 rings (SSSR count). The number of rotatable bonds is 5. The maximum Gasteiger partial charge on any atom is 0.290 e. The SMILES string of the molecule is CCc1ccc2oc3c(c(=O)c2c1)C(c1cccc(Cl)c1)N(CCN1CCOCC1)C3=O. The molecule has 1 fully saturated rings. The molecule has 2 aliphatic rings. The Morgan fingerprint density at radius 1 is 1.06 bits per heavy atom. The molecule has 1 amide bonds. The monoisotopic (exact) mass is 452 g/mol. The van der Waals surface area contributed by atoms with Gasteiger partial charge in [-0.15, -0.1) is 0 Å². The Morgan fingerprint density at radius 2 is 1.88 bits per heavy atom. The summed E-state index contributed by atoms with van der Waals surface area (Å²) in [5.74, 6) is -0.115. The van der Waals surface area contributed by atoms with Crippen molar-refractivity contribution in [3.63, 3.8) is 0 Å². The van der Waals surface area contributed by atoms with E-state index in [-0.39, 0.29) is 17.1 Å². The number of morpholine rings is 1. The molecule has 32 heavy (non-hydrogen) atoms. The van der Waals surface area contributed by atoms with Crippen LogP contribution in [0.25, 0.3) is 11.0 Å². The summed E-state index contributed by atoms with van der Waals surface area (Å²) in [7, 11) is 0. The number of fused-ring (bicyclic) bond motifs is 2. The number of amides is 1. The second-order valence-corrected chi connectivity index (χ2v) is 8.70. The molecule has 0 spiro atoms. The molecule has 1 aromatic heterocycles. The summed E-state index contributed by atoms with van der Waals surface area (Å²) < 4.78 is 11.5. The molecule has 3 aromatic rings. The lowest BCUT2D eigenvalue weighted by atomic mass is 9.98. The summed E-state index contributed by atoms with van der Waals surface area (Å²) in [4.78, 5) is 31.1. The molecular weight excluding hydrogens is 428 g/mol. The van der Waals surface area contributed by atoms with Crippen molar-refractivity contribution >= 4 is 28.5 Å². The minimum absolute atomic E-state index is 0.138. The van der Waals surface area contributed by atoms with Crippen molar-refractivity contribution in [1.29, 1.82) is 0 Å². The van der Waals surface area contributed by atoms with E-state index in [9.17, 15) is 9.59 Å². The summed E-state index contributed by atoms with van der Waals surface area (Å²) in [6, 6.07) is 12.4. The van der Waals surface area contributed by atoms with Gasteiger partial charge in [0.2, 0.25) is 5.76 Å². The van der Waals surface area contributed by atoms with Gasteiger partial charge in [-0.1, -0.05) is 36.7 Å². The summed E-state index contributed by atoms with van der Waals surface area (Å²) >= 11 is 6.28. The summed E-state index contributed by atoms with van der Waals surface area (Å²) in [6.45, 7) is 6.27. The van der Waals surface area contributed by atoms with Crippen molar-refractivity contribution in [2.24, 2.45) is 0 Å². The number of halogens is 1. The van der Waals surface area contributed by atoms with Crippen LogP contribution in [0.3, 0.4) is 0 Å². The quantitative estimate of drug-likeness (QED) is 0.587. The Kier molecular flexibility index (Phi) is 5.76. The van der Waals surface area contributed by atoms with E-state index >= 15 is 0 Å². The van der Waals surface area contributed by atoms with Crippen LogP contribution in [0.1, 0.15) is 40.2 Å². The molecule has 1 atom stereocenters. The molecule has 166 valence electrons. The van der Waals surface area contributed by atoms with Crippen LogP contribution in [0.2, 0.25) is 5.02 Å². The Morgan fingerprint density at radius 3 is 2.62 bits per heavy atom. The predicted molar refractivity (Wildman–Crippen MR) is 123 cm³/mol. The third-order valence-corrected chi connectivity index (χ3v) is 6.60. The van der Waals surface area contributed by atoms with Gasteiger partial charge in [0.05, 0.1) is 30.2 Å². The molecule has 1 saturated heterocycles. The van der Waals surface area contributed by atoms with Crippen LogP contribution in [0, 0.1) is 0 Å². The maximum atomic E-state index is 13.7. The fourth-order valence-corrected chi connectivity index (χ4v) is 4.81. The summed E-state index contributed by atoms with van der Waals surface area (Å²) in [6.07, 6.45) is 0.814. The molecule has 2 aromatic carbocycles. The standard InChI is InChI=1S/C25H25ClN2O4/c1-2-16-6-7-20-19(14-16)23(29)21-22(17-4-3-5-18(26)15-17)28(25(30)24(21)32-20)9-8-27-10-12-31-13-11-27/h3-7,14-15,22H,2,8-13H2,1H3. The van der Waals surface area contributed by atoms with E-state index in [4.69, 9.17) is 20.8 Å². The third-order valence-electron chi connectivity index (χ3n) is 6.36. The van der Waals surface area contributed by atoms with Gasteiger partial charge in [-0.25, -0.2) is 0 Å². The molecular formula is C25H25ClN2O4. The van der Waals surface area contributed by atoms with Gasteiger partial charge < -0.3 is 14.1 Å². The average molecular weight is 453 g/mol. The number of nitrogens with zero attached hydrogens (tertiary/aromatic N) is 2. The first kappa shape index (κ1) is 21.2. The van der Waals surface area contributed by atoms with Crippen molar-refractivity contribution in [3.8, 4) is 0 Å². The van der Waals surface area contributed by atoms with E-state index in [0.29, 0.717) is 47.9 Å². The molecule has 0 radical (unpaired) electrons. The van der Waals surface area contributed by atoms with Gasteiger partial charge in [-0.3, -0.25) is 14.5 Å². The number of hydrogen-bond donors (Lipinski definition) is 0. The Hall–Kier alpha value is -2.67. The van der Waals surface area contributed by atoms with Crippen LogP contribution in [-0.2, 0) is 11.2 Å². The Labute approximate surface area is 191 Å². The predicted octanol–water partition coefficient (Wildman–Crippen LogP) is 3.89. The fourth-order valence-electron chi connectivity index (χ4n) is 4.62. The lowest BCUT2D eigenvalue weighted by molar-refractivity contribution is 0.0314. The highest BCUT2D eigenvalue weighted by Crippen LogP contribution is 2.38. The number of ether oxygens (including phenoxy) is 1. The fraction of sp³-hybridized carbons (Fsp3) is 0.360. The van der Waals surface area contributed by atoms with E-state index in [1.54, 1.807) is 17.0 Å². The molecule has 3 heterocycles. The lowest BCUT2D eigenvalue weighted by Crippen LogP contribution is -2.42. The number of carbonyl (C=O) groups excluding carboxylic acids is 1. The molecule has 6 nitrogen and oxygen atoms in total. The minimum atomic E-state index is -0.525. The molecule has 0 N–H and O–H groups in total. The van der Waals surface area contributed by atoms with Gasteiger partial charge in [-0.05, 0) is 41.8 Å². The number of hydrogen-bond acceptors (Lipinski definition) is 5. The van der Waals surface area contributed by atoms with E-state index in [1.807, 2.05) is 37.3 Å². The van der Waals surface area contributed by atoms with E-state index in [0.717, 1.165) is 30.6 Å². The summed E-state index contributed by atoms with van der Waals surface area (Å²) in [5.41, 5.74) is 2.56. The van der Waals surface area contributed by atoms with Crippen molar-refractivity contribution in [2.75, 3.05) is 39.4 Å². The number of carbonyl (C=O) groups is 1. The zero-order chi connectivity index (χ0) is 22.2. The molecule has 1 unspecified atom stereocenters. The zero-order valence-corrected chi connectivity index (χ0v) is 18.7. The highest BCUT2D eigenvalue weighted by Gasteiger charge is 2.42. The minimum Gasteiger partial charge on any atom is -0.450 e. The Bertz CT molecular complexity index is 1230. The smallest absolute Gasteiger partial charge is 0.290 e. The van der Waals surface area contributed by atoms with Crippen LogP contribution in [-0.4, -0.2) is 55.1 Å². The molecule has 7 heteroatoms. The van der Waals surface area contributed by atoms with Crippen molar-refractivity contribution < 1.29 is 13.9 Å². The average Bonchev–Trinajstić information content (AvgIpc) is 3.10. The maximum absolute atomic E-state index is 13.7. The van der Waals surface area contributed by atoms with Gasteiger partial charge in [-0.2, -0.15) is 0 Å². The van der Waals surface area contributed by atoms with Crippen molar-refractivity contribution in [2.45, 2.75) is 19.4 Å². The van der Waals surface area contributed by atoms with E-state index < -0.39 is 6.04 Å². The second kappa shape index (κ2) is 8.70. The first-order valence-corrected chi connectivity index (χ1v) is 11.4. The lowest BCUT2D eigenvalue weighted by Gasteiger charge is -2.31. The topological polar surface area (TPSA) is 63.0 Å². The molecule has 2 aliphatic heterocycles. The van der Waals surface area contributed by atoms with E-state index in [1.165, 1.54) is 0 Å². The van der Waals surface area contributed by atoms with Crippen molar-refractivity contribution in [1.82, 2.24) is 9.80 Å². The first-order chi connectivity index (χ1) is 15.6. The van der Waals surface area contributed by atoms with Gasteiger partial charge in [0.15, 0.2) is 5.43 Å². The summed E-state index contributed by atoms with van der Waals surface area (Å²) in [5, 5.41) is 1.08. The highest BCUT2D eigenvalue weighted by molar-refractivity contribution is 6.30. The molecule has 0 bridgehead atoms. The molecule has 0 saturated carbocycles. The van der Waals surface area contributed by atoms with Gasteiger partial charge in [0, 0.05) is 31.2 Å². The van der Waals surface area contributed by atoms with Gasteiger partial charge in [0.25, 0.3) is 5.91 Å². The Balaban J connectivity index is 1.61. The number of aryl methyl sites for hydroxylation is 1. The van der Waals surface area contributed by atoms with Gasteiger partial charge >= 0.3 is 0 Å². The zero-order valence-electron chi connectivity index (χ0n) is 18.0. The molecule has 0 aliphatic carbocycles. The second-order valence-electron chi connectivity index (χ2n) is 8.27. The van der Waals surface area contributed by atoms with Crippen LogP contribution < -0.4 is 5.43 Å². The van der Waals surface area contributed by atoms with Crippen LogP contribution >= 0.6 is 11.6 Å². The van der Waals surface area contributed by atoms with E-state index in [2.05, 4.69) is 4.90 Å². The van der Waals surface area contributed by atoms with Crippen LogP contribution in [0.5, 0.6) is 0 Å². The number of benzene rings is 2. The first-order valence-electron chi connectivity index (χ1n) is 11.0. The highest BCUT2D eigenvalue weighted by atomic mass is 35.5. The normalized spacial score (nSPS) is 19.0.